The molecule has 1 amide bonds. The van der Waals surface area contributed by atoms with Crippen molar-refractivity contribution in [3.05, 3.63) is 35.4 Å². The summed E-state index contributed by atoms with van der Waals surface area (Å²) in [5.41, 5.74) is -0.0794. The Morgan fingerprint density at radius 1 is 1.10 bits per heavy atom. The van der Waals surface area contributed by atoms with Crippen LogP contribution in [0.3, 0.4) is 0 Å². The maximum atomic E-state index is 13.1. The highest BCUT2D eigenvalue weighted by Crippen LogP contribution is 2.48. The average Bonchev–Trinajstić information content (AvgIpc) is 2.95. The lowest BCUT2D eigenvalue weighted by Crippen LogP contribution is -2.20. The molecule has 1 saturated carbocycles. The number of hydrogen-bond acceptors (Lipinski definition) is 1. The second-order valence-electron chi connectivity index (χ2n) is 5.83. The van der Waals surface area contributed by atoms with Crippen LogP contribution in [0.25, 0.3) is 0 Å². The Balaban J connectivity index is 0.00000161. The zero-order valence-electron chi connectivity index (χ0n) is 11.3. The third kappa shape index (κ3) is 3.03. The van der Waals surface area contributed by atoms with E-state index in [1.54, 1.807) is 17.0 Å². The van der Waals surface area contributed by atoms with Gasteiger partial charge < -0.3 is 4.90 Å². The lowest BCUT2D eigenvalue weighted by atomic mass is 9.91. The number of benzene rings is 1. The number of halogens is 4. The van der Waals surface area contributed by atoms with Crippen molar-refractivity contribution >= 4 is 18.8 Å². The molecule has 2 aliphatic rings. The summed E-state index contributed by atoms with van der Waals surface area (Å²) in [5.74, 6) is 0.676. The molecule has 0 bridgehead atoms. The van der Waals surface area contributed by atoms with E-state index in [0.29, 0.717) is 30.5 Å². The number of hydrogen-bond donors (Lipinski definition) is 0. The van der Waals surface area contributed by atoms with Gasteiger partial charge in [0, 0.05) is 13.1 Å². The van der Waals surface area contributed by atoms with Crippen molar-refractivity contribution < 1.29 is 18.0 Å². The standard InChI is InChI=1S/C15H16F3NO.ClH/c16-15(17,18)14-4-2-1-3-13(14)10-5-11-7-19(9-20)8-12(11)6-10;/h1-4,9-12H,5-8H2;1H/t10?,11-,12+;. The SMILES string of the molecule is Cl.O=CN1C[C@H]2CC(c3ccccc3C(F)(F)F)C[C@H]2C1. The van der Waals surface area contributed by atoms with Crippen LogP contribution in [0.2, 0.25) is 0 Å². The van der Waals surface area contributed by atoms with Crippen LogP contribution in [0.5, 0.6) is 0 Å². The van der Waals surface area contributed by atoms with Gasteiger partial charge in [-0.05, 0) is 42.2 Å². The van der Waals surface area contributed by atoms with Crippen molar-refractivity contribution in [2.24, 2.45) is 11.8 Å². The second kappa shape index (κ2) is 5.87. The summed E-state index contributed by atoms with van der Waals surface area (Å²) in [6.45, 7) is 1.39. The zero-order chi connectivity index (χ0) is 14.3. The molecule has 0 radical (unpaired) electrons. The molecule has 1 aliphatic heterocycles. The Labute approximate surface area is 127 Å². The van der Waals surface area contributed by atoms with Crippen molar-refractivity contribution in [3.63, 3.8) is 0 Å². The van der Waals surface area contributed by atoms with E-state index in [1.807, 2.05) is 0 Å². The van der Waals surface area contributed by atoms with E-state index in [4.69, 9.17) is 0 Å². The lowest BCUT2D eigenvalue weighted by Gasteiger charge is -2.19. The Bertz CT molecular complexity index is 506. The van der Waals surface area contributed by atoms with Gasteiger partial charge in [-0.15, -0.1) is 12.4 Å². The van der Waals surface area contributed by atoms with E-state index in [2.05, 4.69) is 0 Å². The molecule has 116 valence electrons. The van der Waals surface area contributed by atoms with Gasteiger partial charge in [-0.1, -0.05) is 18.2 Å². The molecule has 21 heavy (non-hydrogen) atoms. The number of rotatable bonds is 2. The molecule has 1 aliphatic carbocycles. The molecule has 0 N–H and O–H groups in total. The minimum atomic E-state index is -4.29. The first kappa shape index (κ1) is 16.1. The monoisotopic (exact) mass is 319 g/mol. The van der Waals surface area contributed by atoms with Crippen LogP contribution < -0.4 is 0 Å². The van der Waals surface area contributed by atoms with Crippen molar-refractivity contribution in [2.45, 2.75) is 24.9 Å². The van der Waals surface area contributed by atoms with E-state index < -0.39 is 11.7 Å². The van der Waals surface area contributed by atoms with Crippen LogP contribution in [-0.2, 0) is 11.0 Å². The average molecular weight is 320 g/mol. The number of amides is 1. The normalized spacial score (nSPS) is 28.1. The summed E-state index contributed by atoms with van der Waals surface area (Å²) in [5, 5.41) is 0. The Kier molecular flexibility index (Phi) is 4.51. The molecular weight excluding hydrogens is 303 g/mol. The zero-order valence-corrected chi connectivity index (χ0v) is 12.2. The van der Waals surface area contributed by atoms with Crippen LogP contribution in [0.1, 0.15) is 29.9 Å². The Morgan fingerprint density at radius 3 is 2.19 bits per heavy atom. The van der Waals surface area contributed by atoms with Gasteiger partial charge in [0.05, 0.1) is 5.56 Å². The van der Waals surface area contributed by atoms with Crippen LogP contribution in [0.4, 0.5) is 13.2 Å². The molecular formula is C15H17ClF3NO. The summed E-state index contributed by atoms with van der Waals surface area (Å²) in [7, 11) is 0. The van der Waals surface area contributed by atoms with Crippen molar-refractivity contribution in [3.8, 4) is 0 Å². The molecule has 6 heteroatoms. The summed E-state index contributed by atoms with van der Waals surface area (Å²) in [4.78, 5) is 12.5. The first-order valence-corrected chi connectivity index (χ1v) is 6.84. The molecule has 1 saturated heterocycles. The summed E-state index contributed by atoms with van der Waals surface area (Å²) >= 11 is 0. The smallest absolute Gasteiger partial charge is 0.345 e. The van der Waals surface area contributed by atoms with Crippen LogP contribution in [-0.4, -0.2) is 24.4 Å². The molecule has 0 spiro atoms. The van der Waals surface area contributed by atoms with Gasteiger partial charge >= 0.3 is 6.18 Å². The van der Waals surface area contributed by atoms with Gasteiger partial charge in [-0.3, -0.25) is 4.79 Å². The van der Waals surface area contributed by atoms with E-state index in [1.165, 1.54) is 12.1 Å². The van der Waals surface area contributed by atoms with Gasteiger partial charge in [-0.2, -0.15) is 13.2 Å². The summed E-state index contributed by atoms with van der Waals surface area (Å²) in [6, 6.07) is 5.89. The minimum absolute atomic E-state index is 0. The maximum absolute atomic E-state index is 13.1. The van der Waals surface area contributed by atoms with E-state index in [0.717, 1.165) is 19.3 Å². The number of alkyl halides is 3. The summed E-state index contributed by atoms with van der Waals surface area (Å²) in [6.07, 6.45) is -1.94. The third-order valence-electron chi connectivity index (χ3n) is 4.63. The fraction of sp³-hybridized carbons (Fsp3) is 0.533. The lowest BCUT2D eigenvalue weighted by molar-refractivity contribution is -0.138. The van der Waals surface area contributed by atoms with Crippen LogP contribution >= 0.6 is 12.4 Å². The third-order valence-corrected chi connectivity index (χ3v) is 4.63. The molecule has 0 aromatic heterocycles. The first-order chi connectivity index (χ1) is 9.49. The number of carbonyl (C=O) groups is 1. The van der Waals surface area contributed by atoms with E-state index >= 15 is 0 Å². The molecule has 1 heterocycles. The Morgan fingerprint density at radius 2 is 1.67 bits per heavy atom. The van der Waals surface area contributed by atoms with Crippen LogP contribution in [0, 0.1) is 11.8 Å². The molecule has 1 aromatic rings. The number of fused-ring (bicyclic) bond motifs is 1. The van der Waals surface area contributed by atoms with Gasteiger partial charge in [0.15, 0.2) is 0 Å². The molecule has 1 aromatic carbocycles. The van der Waals surface area contributed by atoms with Crippen molar-refractivity contribution in [1.29, 1.82) is 0 Å². The topological polar surface area (TPSA) is 20.3 Å². The van der Waals surface area contributed by atoms with Gasteiger partial charge in [0.1, 0.15) is 0 Å². The predicted molar refractivity (Wildman–Crippen MR) is 75.3 cm³/mol. The van der Waals surface area contributed by atoms with Gasteiger partial charge in [0.2, 0.25) is 6.41 Å². The first-order valence-electron chi connectivity index (χ1n) is 6.84. The maximum Gasteiger partial charge on any atom is 0.416 e. The highest BCUT2D eigenvalue weighted by atomic mass is 35.5. The van der Waals surface area contributed by atoms with E-state index in [-0.39, 0.29) is 18.3 Å². The number of likely N-dealkylation sites (tertiary alicyclic amines) is 1. The quantitative estimate of drug-likeness (QED) is 0.761. The number of carbonyl (C=O) groups excluding carboxylic acids is 1. The highest BCUT2D eigenvalue weighted by molar-refractivity contribution is 5.85. The Hall–Kier alpha value is -1.23. The minimum Gasteiger partial charge on any atom is -0.345 e. The fourth-order valence-electron chi connectivity index (χ4n) is 3.79. The molecule has 2 fully saturated rings. The predicted octanol–water partition coefficient (Wildman–Crippen LogP) is 3.71. The fourth-order valence-corrected chi connectivity index (χ4v) is 3.79. The largest absolute Gasteiger partial charge is 0.416 e. The van der Waals surface area contributed by atoms with Crippen LogP contribution in [0.15, 0.2) is 24.3 Å². The number of nitrogens with zero attached hydrogens (tertiary/aromatic N) is 1. The molecule has 2 nitrogen and oxygen atoms in total. The summed E-state index contributed by atoms with van der Waals surface area (Å²) < 4.78 is 39.2. The van der Waals surface area contributed by atoms with Crippen molar-refractivity contribution in [1.82, 2.24) is 4.90 Å². The second-order valence-corrected chi connectivity index (χ2v) is 5.83. The van der Waals surface area contributed by atoms with E-state index in [9.17, 15) is 18.0 Å². The van der Waals surface area contributed by atoms with Gasteiger partial charge in [-0.25, -0.2) is 0 Å². The molecule has 1 unspecified atom stereocenters. The van der Waals surface area contributed by atoms with Gasteiger partial charge in [0.25, 0.3) is 0 Å². The molecule has 3 atom stereocenters. The highest BCUT2D eigenvalue weighted by Gasteiger charge is 2.43. The van der Waals surface area contributed by atoms with Crippen molar-refractivity contribution in [2.75, 3.05) is 13.1 Å². The molecule has 3 rings (SSSR count).